The molecule has 0 fully saturated rings. The average Bonchev–Trinajstić information content (AvgIpc) is 2.24. The lowest BCUT2D eigenvalue weighted by Gasteiger charge is -2.32. The van der Waals surface area contributed by atoms with E-state index in [1.165, 1.54) is 22.0 Å². The molecule has 2 unspecified atom stereocenters. The molecule has 2 atom stereocenters. The van der Waals surface area contributed by atoms with Crippen molar-refractivity contribution in [2.45, 2.75) is 73.5 Å². The van der Waals surface area contributed by atoms with Gasteiger partial charge in [-0.25, -0.2) is 0 Å². The molecule has 1 rings (SSSR count). The third-order valence-corrected chi connectivity index (χ3v) is 5.69. The Bertz CT molecular complexity index is 428. The Kier molecular flexibility index (Phi) is 6.19. The van der Waals surface area contributed by atoms with Crippen molar-refractivity contribution in [3.63, 3.8) is 0 Å². The summed E-state index contributed by atoms with van der Waals surface area (Å²) in [6.07, 6.45) is 1.31. The number of hydrogen-bond donors (Lipinski definition) is 1. The van der Waals surface area contributed by atoms with Crippen LogP contribution in [-0.4, -0.2) is 11.6 Å². The lowest BCUT2D eigenvalue weighted by Crippen LogP contribution is -2.36. The molecule has 1 aromatic carbocycles. The van der Waals surface area contributed by atoms with Crippen LogP contribution in [0.25, 0.3) is 0 Å². The molecule has 0 aliphatic rings. The first-order valence-electron chi connectivity index (χ1n) is 7.46. The van der Waals surface area contributed by atoms with Gasteiger partial charge in [0.25, 0.3) is 0 Å². The standard InChI is InChI=1S/C17H30NOP/c1-9-15(5)19-20(18-17(6,7)8)16-13(3)10-12(2)11-14(16)4/h10-11,15,18H,9H2,1-8H3. The zero-order valence-corrected chi connectivity index (χ0v) is 15.2. The first-order chi connectivity index (χ1) is 9.14. The minimum absolute atomic E-state index is 0.0446. The summed E-state index contributed by atoms with van der Waals surface area (Å²) in [7, 11) is -0.793. The van der Waals surface area contributed by atoms with Crippen LogP contribution in [0.2, 0.25) is 0 Å². The van der Waals surface area contributed by atoms with E-state index in [1.54, 1.807) is 0 Å². The maximum Gasteiger partial charge on any atom is 0.136 e. The van der Waals surface area contributed by atoms with Gasteiger partial charge in [-0.3, -0.25) is 5.09 Å². The lowest BCUT2D eigenvalue weighted by molar-refractivity contribution is 0.238. The monoisotopic (exact) mass is 295 g/mol. The van der Waals surface area contributed by atoms with E-state index in [9.17, 15) is 0 Å². The van der Waals surface area contributed by atoms with Crippen LogP contribution in [0.5, 0.6) is 0 Å². The van der Waals surface area contributed by atoms with Crippen LogP contribution in [0.1, 0.15) is 57.7 Å². The molecule has 0 saturated carbocycles. The summed E-state index contributed by atoms with van der Waals surface area (Å²) in [4.78, 5) is 0. The molecule has 0 heterocycles. The fraction of sp³-hybridized carbons (Fsp3) is 0.647. The van der Waals surface area contributed by atoms with E-state index in [0.717, 1.165) is 6.42 Å². The predicted octanol–water partition coefficient (Wildman–Crippen LogP) is 4.75. The number of aryl methyl sites for hydroxylation is 3. The second kappa shape index (κ2) is 7.02. The first-order valence-corrected chi connectivity index (χ1v) is 8.72. The van der Waals surface area contributed by atoms with E-state index in [-0.39, 0.29) is 11.6 Å². The van der Waals surface area contributed by atoms with E-state index in [2.05, 4.69) is 72.6 Å². The molecule has 2 nitrogen and oxygen atoms in total. The minimum atomic E-state index is -0.793. The van der Waals surface area contributed by atoms with Gasteiger partial charge in [-0.05, 0) is 66.0 Å². The smallest absolute Gasteiger partial charge is 0.136 e. The van der Waals surface area contributed by atoms with E-state index in [1.807, 2.05) is 0 Å². The van der Waals surface area contributed by atoms with Crippen LogP contribution in [0.3, 0.4) is 0 Å². The van der Waals surface area contributed by atoms with Crippen molar-refractivity contribution < 1.29 is 4.52 Å². The molecule has 0 spiro atoms. The summed E-state index contributed by atoms with van der Waals surface area (Å²) in [5.74, 6) is 0. The highest BCUT2D eigenvalue weighted by atomic mass is 31.2. The molecule has 0 aliphatic heterocycles. The maximum absolute atomic E-state index is 6.32. The molecule has 20 heavy (non-hydrogen) atoms. The van der Waals surface area contributed by atoms with Crippen molar-refractivity contribution in [3.05, 3.63) is 28.8 Å². The van der Waals surface area contributed by atoms with Crippen LogP contribution in [0, 0.1) is 20.8 Å². The lowest BCUT2D eigenvalue weighted by atomic mass is 10.1. The van der Waals surface area contributed by atoms with Crippen LogP contribution >= 0.6 is 8.30 Å². The van der Waals surface area contributed by atoms with Gasteiger partial charge in [0.05, 0.1) is 6.10 Å². The predicted molar refractivity (Wildman–Crippen MR) is 90.9 cm³/mol. The number of nitrogens with one attached hydrogen (secondary N) is 1. The molecule has 0 aliphatic carbocycles. The highest BCUT2D eigenvalue weighted by Gasteiger charge is 2.24. The molecule has 0 bridgehead atoms. The summed E-state index contributed by atoms with van der Waals surface area (Å²) < 4.78 is 6.32. The van der Waals surface area contributed by atoms with E-state index < -0.39 is 8.30 Å². The van der Waals surface area contributed by atoms with Crippen molar-refractivity contribution in [1.82, 2.24) is 5.09 Å². The molecule has 0 radical (unpaired) electrons. The summed E-state index contributed by atoms with van der Waals surface area (Å²) in [5.41, 5.74) is 4.02. The van der Waals surface area contributed by atoms with Crippen LogP contribution in [0.4, 0.5) is 0 Å². The topological polar surface area (TPSA) is 21.3 Å². The Morgan fingerprint density at radius 2 is 1.65 bits per heavy atom. The van der Waals surface area contributed by atoms with Gasteiger partial charge in [0.2, 0.25) is 0 Å². The van der Waals surface area contributed by atoms with Gasteiger partial charge >= 0.3 is 0 Å². The third kappa shape index (κ3) is 5.16. The normalized spacial score (nSPS) is 15.2. The van der Waals surface area contributed by atoms with Gasteiger partial charge in [0.1, 0.15) is 8.30 Å². The number of hydrogen-bond acceptors (Lipinski definition) is 2. The number of rotatable bonds is 5. The van der Waals surface area contributed by atoms with Crippen molar-refractivity contribution in [2.24, 2.45) is 0 Å². The van der Waals surface area contributed by atoms with Gasteiger partial charge < -0.3 is 4.52 Å². The van der Waals surface area contributed by atoms with Gasteiger partial charge in [0.15, 0.2) is 0 Å². The highest BCUT2D eigenvalue weighted by molar-refractivity contribution is 7.59. The quantitative estimate of drug-likeness (QED) is 0.791. The summed E-state index contributed by atoms with van der Waals surface area (Å²) >= 11 is 0. The molecule has 1 aromatic rings. The SMILES string of the molecule is CCC(C)OP(NC(C)(C)C)c1c(C)cc(C)cc1C. The van der Waals surface area contributed by atoms with E-state index in [4.69, 9.17) is 4.52 Å². The van der Waals surface area contributed by atoms with Crippen molar-refractivity contribution in [2.75, 3.05) is 0 Å². The third-order valence-electron chi connectivity index (χ3n) is 3.14. The molecular weight excluding hydrogens is 265 g/mol. The summed E-state index contributed by atoms with van der Waals surface area (Å²) in [6.45, 7) is 17.4. The molecule has 114 valence electrons. The Morgan fingerprint density at radius 3 is 2.05 bits per heavy atom. The summed E-state index contributed by atoms with van der Waals surface area (Å²) in [6, 6.07) is 4.50. The molecule has 0 aromatic heterocycles. The minimum Gasteiger partial charge on any atom is -0.337 e. The Morgan fingerprint density at radius 1 is 1.15 bits per heavy atom. The van der Waals surface area contributed by atoms with E-state index in [0.29, 0.717) is 0 Å². The average molecular weight is 295 g/mol. The molecular formula is C17H30NOP. The zero-order chi connectivity index (χ0) is 15.5. The zero-order valence-electron chi connectivity index (χ0n) is 14.3. The van der Waals surface area contributed by atoms with Gasteiger partial charge in [-0.2, -0.15) is 0 Å². The fourth-order valence-electron chi connectivity index (χ4n) is 2.19. The Hall–Kier alpha value is -0.430. The van der Waals surface area contributed by atoms with Gasteiger partial charge in [-0.15, -0.1) is 0 Å². The van der Waals surface area contributed by atoms with Crippen LogP contribution in [-0.2, 0) is 4.52 Å². The van der Waals surface area contributed by atoms with Crippen LogP contribution in [0.15, 0.2) is 12.1 Å². The second-order valence-electron chi connectivity index (χ2n) is 6.73. The largest absolute Gasteiger partial charge is 0.337 e. The Labute approximate surface area is 126 Å². The first kappa shape index (κ1) is 17.6. The molecule has 0 saturated heterocycles. The van der Waals surface area contributed by atoms with Crippen molar-refractivity contribution in [1.29, 1.82) is 0 Å². The number of benzene rings is 1. The molecule has 1 N–H and O–H groups in total. The Balaban J connectivity index is 3.16. The molecule has 0 amide bonds. The van der Waals surface area contributed by atoms with Crippen molar-refractivity contribution in [3.8, 4) is 0 Å². The maximum atomic E-state index is 6.32. The van der Waals surface area contributed by atoms with Crippen molar-refractivity contribution >= 4 is 13.6 Å². The van der Waals surface area contributed by atoms with Gasteiger partial charge in [-0.1, -0.05) is 24.6 Å². The van der Waals surface area contributed by atoms with Gasteiger partial charge in [0, 0.05) is 10.8 Å². The van der Waals surface area contributed by atoms with E-state index >= 15 is 0 Å². The highest BCUT2D eigenvalue weighted by Crippen LogP contribution is 2.38. The molecule has 3 heteroatoms. The van der Waals surface area contributed by atoms with Crippen LogP contribution < -0.4 is 10.4 Å². The summed E-state index contributed by atoms with van der Waals surface area (Å²) in [5, 5.41) is 5.03. The second-order valence-corrected chi connectivity index (χ2v) is 8.20. The fourth-order valence-corrected chi connectivity index (χ4v) is 4.34.